The molecule has 0 aliphatic carbocycles. The molecule has 2 rings (SSSR count). The maximum atomic E-state index is 6.19. The van der Waals surface area contributed by atoms with Gasteiger partial charge in [-0.25, -0.2) is 0 Å². The first-order valence-corrected chi connectivity index (χ1v) is 7.46. The van der Waals surface area contributed by atoms with E-state index in [1.807, 2.05) is 19.1 Å². The van der Waals surface area contributed by atoms with E-state index in [4.69, 9.17) is 10.5 Å². The first kappa shape index (κ1) is 14.2. The average Bonchev–Trinajstić information content (AvgIpc) is 2.40. The lowest BCUT2D eigenvalue weighted by Gasteiger charge is -2.38. The molecule has 1 aliphatic heterocycles. The summed E-state index contributed by atoms with van der Waals surface area (Å²) in [5, 5.41) is 0. The highest BCUT2D eigenvalue weighted by atomic mass is 16.5. The lowest BCUT2D eigenvalue weighted by atomic mass is 9.90. The van der Waals surface area contributed by atoms with Crippen LogP contribution in [0.5, 0.6) is 5.75 Å². The number of benzene rings is 1. The average molecular weight is 262 g/mol. The Bertz CT molecular complexity index is 377. The number of hydrogen-bond acceptors (Lipinski definition) is 3. The number of nitrogens with zero attached hydrogens (tertiary/aromatic N) is 1. The van der Waals surface area contributed by atoms with Gasteiger partial charge in [-0.05, 0) is 49.9 Å². The van der Waals surface area contributed by atoms with Crippen molar-refractivity contribution in [2.24, 2.45) is 11.7 Å². The third-order valence-corrected chi connectivity index (χ3v) is 3.78. The standard InChI is InChI=1S/C16H26N2O/c1-3-5-13-10-14(17)12-18(11-13)15-6-8-16(9-7-15)19-4-2/h6-9,13-14H,3-5,10-12,17H2,1-2H3. The summed E-state index contributed by atoms with van der Waals surface area (Å²) in [6.45, 7) is 7.07. The number of piperidine rings is 1. The molecule has 1 saturated heterocycles. The van der Waals surface area contributed by atoms with Gasteiger partial charge in [0.05, 0.1) is 6.61 Å². The Balaban J connectivity index is 2.03. The van der Waals surface area contributed by atoms with Crippen molar-refractivity contribution in [3.8, 4) is 5.75 Å². The molecule has 2 unspecified atom stereocenters. The van der Waals surface area contributed by atoms with E-state index in [2.05, 4.69) is 24.0 Å². The Morgan fingerprint density at radius 2 is 1.95 bits per heavy atom. The van der Waals surface area contributed by atoms with Crippen molar-refractivity contribution in [3.63, 3.8) is 0 Å². The highest BCUT2D eigenvalue weighted by Crippen LogP contribution is 2.26. The second kappa shape index (κ2) is 6.80. The van der Waals surface area contributed by atoms with Gasteiger partial charge in [0.2, 0.25) is 0 Å². The summed E-state index contributed by atoms with van der Waals surface area (Å²) in [6.07, 6.45) is 3.69. The zero-order valence-corrected chi connectivity index (χ0v) is 12.1. The van der Waals surface area contributed by atoms with Crippen molar-refractivity contribution in [1.82, 2.24) is 0 Å². The number of nitrogens with two attached hydrogens (primary N) is 1. The van der Waals surface area contributed by atoms with E-state index in [1.54, 1.807) is 0 Å². The Morgan fingerprint density at radius 1 is 1.21 bits per heavy atom. The van der Waals surface area contributed by atoms with Crippen LogP contribution in [0.2, 0.25) is 0 Å². The molecule has 3 heteroatoms. The Kier molecular flexibility index (Phi) is 5.08. The van der Waals surface area contributed by atoms with Gasteiger partial charge in [-0.3, -0.25) is 0 Å². The van der Waals surface area contributed by atoms with E-state index < -0.39 is 0 Å². The lowest BCUT2D eigenvalue weighted by Crippen LogP contribution is -2.47. The van der Waals surface area contributed by atoms with Crippen LogP contribution in [0.4, 0.5) is 5.69 Å². The maximum absolute atomic E-state index is 6.19. The van der Waals surface area contributed by atoms with Crippen LogP contribution in [0.15, 0.2) is 24.3 Å². The fraction of sp³-hybridized carbons (Fsp3) is 0.625. The largest absolute Gasteiger partial charge is 0.494 e. The molecule has 3 nitrogen and oxygen atoms in total. The van der Waals surface area contributed by atoms with Crippen LogP contribution in [0.25, 0.3) is 0 Å². The SMILES string of the molecule is CCCC1CC(N)CN(c2ccc(OCC)cc2)C1. The molecule has 2 N–H and O–H groups in total. The van der Waals surface area contributed by atoms with Gasteiger partial charge in [0.25, 0.3) is 0 Å². The van der Waals surface area contributed by atoms with Crippen LogP contribution >= 0.6 is 0 Å². The highest BCUT2D eigenvalue weighted by Gasteiger charge is 2.24. The zero-order chi connectivity index (χ0) is 13.7. The molecule has 0 radical (unpaired) electrons. The van der Waals surface area contributed by atoms with Gasteiger partial charge in [0.1, 0.15) is 5.75 Å². The molecular formula is C16H26N2O. The first-order valence-electron chi connectivity index (χ1n) is 7.46. The minimum atomic E-state index is 0.303. The molecule has 1 aromatic rings. The number of hydrogen-bond donors (Lipinski definition) is 1. The third kappa shape index (κ3) is 3.87. The van der Waals surface area contributed by atoms with Gasteiger partial charge < -0.3 is 15.4 Å². The quantitative estimate of drug-likeness (QED) is 0.886. The summed E-state index contributed by atoms with van der Waals surface area (Å²) in [4.78, 5) is 2.42. The molecule has 0 spiro atoms. The molecule has 19 heavy (non-hydrogen) atoms. The van der Waals surface area contributed by atoms with Crippen molar-refractivity contribution in [3.05, 3.63) is 24.3 Å². The minimum Gasteiger partial charge on any atom is -0.494 e. The predicted octanol–water partition coefficient (Wildman–Crippen LogP) is 3.04. The van der Waals surface area contributed by atoms with Crippen LogP contribution in [-0.4, -0.2) is 25.7 Å². The van der Waals surface area contributed by atoms with E-state index in [1.165, 1.54) is 24.9 Å². The van der Waals surface area contributed by atoms with Gasteiger partial charge in [0, 0.05) is 24.8 Å². The van der Waals surface area contributed by atoms with Crippen molar-refractivity contribution in [2.45, 2.75) is 39.2 Å². The molecule has 2 atom stereocenters. The summed E-state index contributed by atoms with van der Waals surface area (Å²) >= 11 is 0. The monoisotopic (exact) mass is 262 g/mol. The van der Waals surface area contributed by atoms with Gasteiger partial charge in [-0.15, -0.1) is 0 Å². The number of ether oxygens (including phenoxy) is 1. The normalized spacial score (nSPS) is 23.4. The first-order chi connectivity index (χ1) is 9.22. The van der Waals surface area contributed by atoms with E-state index in [9.17, 15) is 0 Å². The molecule has 1 aliphatic rings. The molecule has 0 bridgehead atoms. The molecule has 0 aromatic heterocycles. The van der Waals surface area contributed by atoms with Gasteiger partial charge >= 0.3 is 0 Å². The van der Waals surface area contributed by atoms with E-state index >= 15 is 0 Å². The Morgan fingerprint density at radius 3 is 2.58 bits per heavy atom. The summed E-state index contributed by atoms with van der Waals surface area (Å²) in [5.41, 5.74) is 7.46. The topological polar surface area (TPSA) is 38.5 Å². The fourth-order valence-corrected chi connectivity index (χ4v) is 2.99. The Labute approximate surface area is 116 Å². The number of rotatable bonds is 5. The fourth-order valence-electron chi connectivity index (χ4n) is 2.99. The molecule has 1 heterocycles. The molecule has 1 fully saturated rings. The van der Waals surface area contributed by atoms with Crippen LogP contribution in [0.3, 0.4) is 0 Å². The van der Waals surface area contributed by atoms with Crippen molar-refractivity contribution < 1.29 is 4.74 Å². The smallest absolute Gasteiger partial charge is 0.119 e. The van der Waals surface area contributed by atoms with Gasteiger partial charge in [-0.1, -0.05) is 13.3 Å². The maximum Gasteiger partial charge on any atom is 0.119 e. The van der Waals surface area contributed by atoms with Crippen LogP contribution in [-0.2, 0) is 0 Å². The van der Waals surface area contributed by atoms with Crippen LogP contribution < -0.4 is 15.4 Å². The van der Waals surface area contributed by atoms with Crippen molar-refractivity contribution >= 4 is 5.69 Å². The van der Waals surface area contributed by atoms with Gasteiger partial charge in [0.15, 0.2) is 0 Å². The number of anilines is 1. The van der Waals surface area contributed by atoms with Crippen molar-refractivity contribution in [1.29, 1.82) is 0 Å². The summed E-state index contributed by atoms with van der Waals surface area (Å²) in [5.74, 6) is 1.68. The second-order valence-electron chi connectivity index (χ2n) is 5.48. The summed E-state index contributed by atoms with van der Waals surface area (Å²) in [6, 6.07) is 8.69. The molecule has 106 valence electrons. The predicted molar refractivity (Wildman–Crippen MR) is 80.8 cm³/mol. The zero-order valence-electron chi connectivity index (χ0n) is 12.1. The van der Waals surface area contributed by atoms with Crippen molar-refractivity contribution in [2.75, 3.05) is 24.6 Å². The summed E-state index contributed by atoms with van der Waals surface area (Å²) in [7, 11) is 0. The van der Waals surface area contributed by atoms with E-state index in [-0.39, 0.29) is 0 Å². The van der Waals surface area contributed by atoms with E-state index in [0.717, 1.165) is 24.8 Å². The molecular weight excluding hydrogens is 236 g/mol. The Hall–Kier alpha value is -1.22. The van der Waals surface area contributed by atoms with Crippen LogP contribution in [0, 0.1) is 5.92 Å². The second-order valence-corrected chi connectivity index (χ2v) is 5.48. The van der Waals surface area contributed by atoms with Gasteiger partial charge in [-0.2, -0.15) is 0 Å². The highest BCUT2D eigenvalue weighted by molar-refractivity contribution is 5.49. The lowest BCUT2D eigenvalue weighted by molar-refractivity contribution is 0.340. The van der Waals surface area contributed by atoms with E-state index in [0.29, 0.717) is 12.6 Å². The molecule has 0 amide bonds. The minimum absolute atomic E-state index is 0.303. The third-order valence-electron chi connectivity index (χ3n) is 3.78. The molecule has 0 saturated carbocycles. The van der Waals surface area contributed by atoms with Crippen LogP contribution in [0.1, 0.15) is 33.1 Å². The molecule has 1 aromatic carbocycles. The summed E-state index contributed by atoms with van der Waals surface area (Å²) < 4.78 is 5.49.